The predicted molar refractivity (Wildman–Crippen MR) is 92.3 cm³/mol. The number of rotatable bonds is 4. The first-order valence-electron chi connectivity index (χ1n) is 7.21. The Labute approximate surface area is 135 Å². The molecule has 0 bridgehead atoms. The number of benzene rings is 1. The van der Waals surface area contributed by atoms with E-state index in [1.807, 2.05) is 44.2 Å². The monoisotopic (exact) mass is 309 g/mol. The first kappa shape index (κ1) is 16.4. The van der Waals surface area contributed by atoms with Crippen LogP contribution in [0, 0.1) is 13.8 Å². The number of nitrogens with zero attached hydrogens (tertiary/aromatic N) is 2. The molecule has 0 aliphatic carbocycles. The highest BCUT2D eigenvalue weighted by Gasteiger charge is 2.12. The molecule has 118 valence electrons. The van der Waals surface area contributed by atoms with Crippen molar-refractivity contribution in [2.45, 2.75) is 20.8 Å². The molecule has 2 rings (SSSR count). The summed E-state index contributed by atoms with van der Waals surface area (Å²) >= 11 is 0. The number of aliphatic hydroxyl groups is 1. The summed E-state index contributed by atoms with van der Waals surface area (Å²) in [5.74, 6) is -0.137. The SMILES string of the molecule is C/C(O)=C(\C=Nc1ccc(C)cc1)C(=O)Nc1cccc(C)n1. The molecular weight excluding hydrogens is 290 g/mol. The van der Waals surface area contributed by atoms with Crippen LogP contribution in [0.1, 0.15) is 18.2 Å². The molecule has 0 aliphatic rings. The molecule has 0 radical (unpaired) electrons. The summed E-state index contributed by atoms with van der Waals surface area (Å²) in [6.07, 6.45) is 1.35. The van der Waals surface area contributed by atoms with Crippen molar-refractivity contribution in [3.8, 4) is 0 Å². The molecule has 1 amide bonds. The smallest absolute Gasteiger partial charge is 0.261 e. The maximum atomic E-state index is 12.3. The van der Waals surface area contributed by atoms with Crippen LogP contribution in [-0.4, -0.2) is 22.2 Å². The number of hydrogen-bond acceptors (Lipinski definition) is 4. The fourth-order valence-electron chi connectivity index (χ4n) is 1.88. The van der Waals surface area contributed by atoms with Gasteiger partial charge in [-0.15, -0.1) is 0 Å². The van der Waals surface area contributed by atoms with Gasteiger partial charge < -0.3 is 10.4 Å². The minimum Gasteiger partial charge on any atom is -0.512 e. The molecule has 0 saturated carbocycles. The fraction of sp³-hybridized carbons (Fsp3) is 0.167. The van der Waals surface area contributed by atoms with Gasteiger partial charge in [0.25, 0.3) is 5.91 Å². The fourth-order valence-corrected chi connectivity index (χ4v) is 1.88. The van der Waals surface area contributed by atoms with E-state index in [-0.39, 0.29) is 11.3 Å². The van der Waals surface area contributed by atoms with E-state index in [9.17, 15) is 9.90 Å². The van der Waals surface area contributed by atoms with E-state index in [1.54, 1.807) is 12.1 Å². The molecule has 23 heavy (non-hydrogen) atoms. The number of nitrogens with one attached hydrogen (secondary N) is 1. The third kappa shape index (κ3) is 4.78. The van der Waals surface area contributed by atoms with Crippen LogP contribution in [0.2, 0.25) is 0 Å². The number of aliphatic imine (C=N–C) groups is 1. The number of aromatic nitrogens is 1. The minimum atomic E-state index is -0.459. The van der Waals surface area contributed by atoms with Crippen LogP contribution < -0.4 is 5.32 Å². The standard InChI is InChI=1S/C18H19N3O2/c1-12-7-9-15(10-8-12)19-11-16(14(3)22)18(23)21-17-6-4-5-13(2)20-17/h4-11,22H,1-3H3,(H,20,21,23)/b16-14-,19-11?. The highest BCUT2D eigenvalue weighted by Crippen LogP contribution is 2.14. The van der Waals surface area contributed by atoms with Gasteiger partial charge in [-0.3, -0.25) is 9.79 Å². The van der Waals surface area contributed by atoms with Crippen molar-refractivity contribution in [3.05, 3.63) is 65.1 Å². The second-order valence-corrected chi connectivity index (χ2v) is 5.21. The number of aryl methyl sites for hydroxylation is 2. The third-order valence-electron chi connectivity index (χ3n) is 3.14. The predicted octanol–water partition coefficient (Wildman–Crippen LogP) is 3.87. The van der Waals surface area contributed by atoms with E-state index in [0.717, 1.165) is 11.3 Å². The maximum absolute atomic E-state index is 12.3. The molecule has 1 aromatic heterocycles. The zero-order chi connectivity index (χ0) is 16.8. The van der Waals surface area contributed by atoms with E-state index in [1.165, 1.54) is 13.1 Å². The van der Waals surface area contributed by atoms with Crippen molar-refractivity contribution in [1.29, 1.82) is 0 Å². The van der Waals surface area contributed by atoms with Crippen LogP contribution in [0.5, 0.6) is 0 Å². The normalized spacial score (nSPS) is 12.1. The molecule has 1 heterocycles. The summed E-state index contributed by atoms with van der Waals surface area (Å²) in [6.45, 7) is 5.27. The van der Waals surface area contributed by atoms with Gasteiger partial charge in [0.15, 0.2) is 0 Å². The Morgan fingerprint density at radius 3 is 2.48 bits per heavy atom. The van der Waals surface area contributed by atoms with Gasteiger partial charge >= 0.3 is 0 Å². The number of pyridine rings is 1. The van der Waals surface area contributed by atoms with Crippen molar-refractivity contribution in [2.24, 2.45) is 4.99 Å². The van der Waals surface area contributed by atoms with Gasteiger partial charge in [0.1, 0.15) is 11.6 Å². The Kier molecular flexibility index (Phi) is 5.25. The van der Waals surface area contributed by atoms with E-state index >= 15 is 0 Å². The van der Waals surface area contributed by atoms with Gasteiger partial charge in [0, 0.05) is 11.9 Å². The summed E-state index contributed by atoms with van der Waals surface area (Å²) < 4.78 is 0. The maximum Gasteiger partial charge on any atom is 0.261 e. The van der Waals surface area contributed by atoms with Crippen molar-refractivity contribution in [1.82, 2.24) is 4.98 Å². The van der Waals surface area contributed by atoms with Crippen LogP contribution in [-0.2, 0) is 4.79 Å². The molecule has 2 aromatic rings. The highest BCUT2D eigenvalue weighted by atomic mass is 16.3. The Hall–Kier alpha value is -2.95. The molecule has 0 saturated heterocycles. The third-order valence-corrected chi connectivity index (χ3v) is 3.14. The summed E-state index contributed by atoms with van der Waals surface area (Å²) in [5.41, 5.74) is 2.72. The van der Waals surface area contributed by atoms with Gasteiger partial charge in [0.2, 0.25) is 0 Å². The van der Waals surface area contributed by atoms with E-state index in [0.29, 0.717) is 11.5 Å². The zero-order valence-corrected chi connectivity index (χ0v) is 13.4. The van der Waals surface area contributed by atoms with Gasteiger partial charge in [-0.05, 0) is 45.0 Å². The topological polar surface area (TPSA) is 74.6 Å². The lowest BCUT2D eigenvalue weighted by Gasteiger charge is -2.06. The lowest BCUT2D eigenvalue weighted by Crippen LogP contribution is -2.17. The Morgan fingerprint density at radius 2 is 1.87 bits per heavy atom. The summed E-state index contributed by atoms with van der Waals surface area (Å²) in [7, 11) is 0. The van der Waals surface area contributed by atoms with Gasteiger partial charge in [-0.1, -0.05) is 23.8 Å². The van der Waals surface area contributed by atoms with Crippen molar-refractivity contribution in [2.75, 3.05) is 5.32 Å². The number of carbonyl (C=O) groups excluding carboxylic acids is 1. The molecular formula is C18H19N3O2. The number of carbonyl (C=O) groups is 1. The zero-order valence-electron chi connectivity index (χ0n) is 13.4. The summed E-state index contributed by atoms with van der Waals surface area (Å²) in [6, 6.07) is 12.9. The lowest BCUT2D eigenvalue weighted by molar-refractivity contribution is -0.112. The van der Waals surface area contributed by atoms with E-state index < -0.39 is 5.91 Å². The average Bonchev–Trinajstić information content (AvgIpc) is 2.49. The molecule has 0 atom stereocenters. The van der Waals surface area contributed by atoms with Crippen LogP contribution in [0.25, 0.3) is 0 Å². The largest absolute Gasteiger partial charge is 0.512 e. The van der Waals surface area contributed by atoms with Crippen molar-refractivity contribution in [3.63, 3.8) is 0 Å². The number of aliphatic hydroxyl groups excluding tert-OH is 1. The molecule has 0 unspecified atom stereocenters. The molecule has 5 heteroatoms. The van der Waals surface area contributed by atoms with Gasteiger partial charge in [-0.2, -0.15) is 0 Å². The number of allylic oxidation sites excluding steroid dienone is 1. The van der Waals surface area contributed by atoms with Crippen LogP contribution >= 0.6 is 0 Å². The van der Waals surface area contributed by atoms with Crippen LogP contribution in [0.4, 0.5) is 11.5 Å². The highest BCUT2D eigenvalue weighted by molar-refractivity contribution is 6.18. The molecule has 0 spiro atoms. The average molecular weight is 309 g/mol. The molecule has 5 nitrogen and oxygen atoms in total. The van der Waals surface area contributed by atoms with Gasteiger partial charge in [-0.25, -0.2) is 4.98 Å². The van der Waals surface area contributed by atoms with Crippen LogP contribution in [0.3, 0.4) is 0 Å². The second kappa shape index (κ2) is 7.35. The summed E-state index contributed by atoms with van der Waals surface area (Å²) in [4.78, 5) is 20.7. The Bertz CT molecular complexity index is 758. The number of hydrogen-bond donors (Lipinski definition) is 2. The van der Waals surface area contributed by atoms with Crippen LogP contribution in [0.15, 0.2) is 58.8 Å². The van der Waals surface area contributed by atoms with Crippen molar-refractivity contribution < 1.29 is 9.90 Å². The Morgan fingerprint density at radius 1 is 1.17 bits per heavy atom. The quantitative estimate of drug-likeness (QED) is 0.511. The van der Waals surface area contributed by atoms with E-state index in [4.69, 9.17) is 0 Å². The molecule has 2 N–H and O–H groups in total. The number of amides is 1. The molecule has 0 aliphatic heterocycles. The van der Waals surface area contributed by atoms with Crippen molar-refractivity contribution >= 4 is 23.6 Å². The molecule has 0 fully saturated rings. The molecule has 1 aromatic carbocycles. The second-order valence-electron chi connectivity index (χ2n) is 5.21. The summed E-state index contributed by atoms with van der Waals surface area (Å²) in [5, 5.41) is 12.4. The lowest BCUT2D eigenvalue weighted by atomic mass is 10.2. The first-order chi connectivity index (χ1) is 11.0. The van der Waals surface area contributed by atoms with E-state index in [2.05, 4.69) is 15.3 Å². The first-order valence-corrected chi connectivity index (χ1v) is 7.21. The van der Waals surface area contributed by atoms with Gasteiger partial charge in [0.05, 0.1) is 11.3 Å². The number of anilines is 1. The minimum absolute atomic E-state index is 0.0916. The Balaban J connectivity index is 2.17.